The standard InChI is InChI=1S/C19H22N6O2S.ClH/c1-11(2)16(23-18(26)14-4-3-9-28-14)19(27)21-13-7-5-12(6-8-13)17-22-15(10-20)24-25-17;/h3-9,11,16H,10,20H2,1-2H3,(H,21,27)(H,23,26)(H,22,24,25);1H. The van der Waals surface area contributed by atoms with Crippen molar-refractivity contribution in [2.45, 2.75) is 26.4 Å². The lowest BCUT2D eigenvalue weighted by atomic mass is 10.0. The molecule has 2 aromatic heterocycles. The average Bonchev–Trinajstić information content (AvgIpc) is 3.38. The predicted octanol–water partition coefficient (Wildman–Crippen LogP) is 2.81. The molecule has 0 saturated carbocycles. The lowest BCUT2D eigenvalue weighted by molar-refractivity contribution is -0.118. The number of nitrogens with one attached hydrogen (secondary N) is 3. The molecule has 29 heavy (non-hydrogen) atoms. The summed E-state index contributed by atoms with van der Waals surface area (Å²) >= 11 is 1.34. The third kappa shape index (κ3) is 5.63. The molecule has 1 atom stereocenters. The fourth-order valence-electron chi connectivity index (χ4n) is 2.59. The van der Waals surface area contributed by atoms with Crippen LogP contribution < -0.4 is 16.4 Å². The van der Waals surface area contributed by atoms with Gasteiger partial charge in [0.2, 0.25) is 5.91 Å². The first kappa shape index (κ1) is 22.5. The topological polar surface area (TPSA) is 126 Å². The molecule has 1 aromatic carbocycles. The number of aromatic amines is 1. The van der Waals surface area contributed by atoms with E-state index in [-0.39, 0.29) is 36.7 Å². The summed E-state index contributed by atoms with van der Waals surface area (Å²) in [6.07, 6.45) is 0. The number of thiophene rings is 1. The Morgan fingerprint density at radius 1 is 1.21 bits per heavy atom. The minimum absolute atomic E-state index is 0. The van der Waals surface area contributed by atoms with Crippen LogP contribution in [0.15, 0.2) is 41.8 Å². The SMILES string of the molecule is CC(C)C(NC(=O)c1cccs1)C(=O)Nc1ccc(-c2n[nH]c(CN)n2)cc1.Cl. The molecule has 0 saturated heterocycles. The Kier molecular flexibility index (Phi) is 7.89. The molecule has 0 aliphatic carbocycles. The molecule has 10 heteroatoms. The second-order valence-corrected chi connectivity index (χ2v) is 7.50. The molecule has 3 aromatic rings. The molecule has 0 bridgehead atoms. The molecule has 5 N–H and O–H groups in total. The number of H-pyrrole nitrogens is 1. The minimum Gasteiger partial charge on any atom is -0.339 e. The molecule has 1 unspecified atom stereocenters. The highest BCUT2D eigenvalue weighted by Crippen LogP contribution is 2.19. The highest BCUT2D eigenvalue weighted by molar-refractivity contribution is 7.12. The fourth-order valence-corrected chi connectivity index (χ4v) is 3.22. The molecule has 2 heterocycles. The van der Waals surface area contributed by atoms with Gasteiger partial charge >= 0.3 is 0 Å². The Bertz CT molecular complexity index is 940. The number of aromatic nitrogens is 3. The fraction of sp³-hybridized carbons (Fsp3) is 0.263. The maximum absolute atomic E-state index is 12.7. The number of hydrogen-bond acceptors (Lipinski definition) is 6. The van der Waals surface area contributed by atoms with Crippen LogP contribution in [0.25, 0.3) is 11.4 Å². The highest BCUT2D eigenvalue weighted by Gasteiger charge is 2.25. The predicted molar refractivity (Wildman–Crippen MR) is 116 cm³/mol. The summed E-state index contributed by atoms with van der Waals surface area (Å²) in [7, 11) is 0. The van der Waals surface area contributed by atoms with Crippen molar-refractivity contribution in [3.8, 4) is 11.4 Å². The third-order valence-corrected chi connectivity index (χ3v) is 4.99. The Morgan fingerprint density at radius 2 is 1.93 bits per heavy atom. The zero-order valence-corrected chi connectivity index (χ0v) is 17.6. The molecule has 3 rings (SSSR count). The van der Waals surface area contributed by atoms with Crippen molar-refractivity contribution < 1.29 is 9.59 Å². The first-order valence-corrected chi connectivity index (χ1v) is 9.73. The number of carbonyl (C=O) groups excluding carboxylic acids is 2. The van der Waals surface area contributed by atoms with Crippen LogP contribution in [0.5, 0.6) is 0 Å². The molecule has 0 aliphatic heterocycles. The zero-order chi connectivity index (χ0) is 20.1. The van der Waals surface area contributed by atoms with Gasteiger partial charge in [-0.25, -0.2) is 4.98 Å². The molecule has 154 valence electrons. The monoisotopic (exact) mass is 434 g/mol. The zero-order valence-electron chi connectivity index (χ0n) is 16.0. The lowest BCUT2D eigenvalue weighted by Crippen LogP contribution is -2.46. The second kappa shape index (κ2) is 10.1. The second-order valence-electron chi connectivity index (χ2n) is 6.55. The van der Waals surface area contributed by atoms with Crippen molar-refractivity contribution in [2.75, 3.05) is 5.32 Å². The summed E-state index contributed by atoms with van der Waals surface area (Å²) in [4.78, 5) is 29.8. The summed E-state index contributed by atoms with van der Waals surface area (Å²) in [6, 6.07) is 10.0. The van der Waals surface area contributed by atoms with Crippen LogP contribution in [-0.2, 0) is 11.3 Å². The molecule has 0 aliphatic rings. The maximum atomic E-state index is 12.7. The number of benzene rings is 1. The molecule has 8 nitrogen and oxygen atoms in total. The largest absolute Gasteiger partial charge is 0.339 e. The number of rotatable bonds is 7. The van der Waals surface area contributed by atoms with Crippen LogP contribution in [0.3, 0.4) is 0 Å². The molecular weight excluding hydrogens is 412 g/mol. The molecule has 0 spiro atoms. The average molecular weight is 435 g/mol. The lowest BCUT2D eigenvalue weighted by Gasteiger charge is -2.21. The number of amides is 2. The quantitative estimate of drug-likeness (QED) is 0.455. The van der Waals surface area contributed by atoms with Gasteiger partial charge < -0.3 is 16.4 Å². The summed E-state index contributed by atoms with van der Waals surface area (Å²) in [5.74, 6) is 0.567. The van der Waals surface area contributed by atoms with Gasteiger partial charge in [-0.05, 0) is 41.6 Å². The maximum Gasteiger partial charge on any atom is 0.262 e. The van der Waals surface area contributed by atoms with E-state index >= 15 is 0 Å². The Labute approximate surface area is 178 Å². The Morgan fingerprint density at radius 3 is 2.48 bits per heavy atom. The normalized spacial score (nSPS) is 11.6. The molecule has 0 radical (unpaired) electrons. The number of carbonyl (C=O) groups is 2. The summed E-state index contributed by atoms with van der Waals surface area (Å²) in [5.41, 5.74) is 6.96. The number of hydrogen-bond donors (Lipinski definition) is 4. The van der Waals surface area contributed by atoms with E-state index in [0.717, 1.165) is 5.56 Å². The molecule has 0 fully saturated rings. The Hall–Kier alpha value is -2.75. The van der Waals surface area contributed by atoms with E-state index in [0.29, 0.717) is 22.2 Å². The van der Waals surface area contributed by atoms with Crippen molar-refractivity contribution in [3.63, 3.8) is 0 Å². The van der Waals surface area contributed by atoms with Gasteiger partial charge in [-0.15, -0.1) is 23.7 Å². The van der Waals surface area contributed by atoms with Crippen molar-refractivity contribution in [2.24, 2.45) is 11.7 Å². The molecule has 2 amide bonds. The van der Waals surface area contributed by atoms with Crippen LogP contribution in [0.1, 0.15) is 29.3 Å². The number of halogens is 1. The van der Waals surface area contributed by atoms with Gasteiger partial charge in [0.15, 0.2) is 5.82 Å². The van der Waals surface area contributed by atoms with E-state index in [4.69, 9.17) is 5.73 Å². The first-order valence-electron chi connectivity index (χ1n) is 8.85. The van der Waals surface area contributed by atoms with Crippen molar-refractivity contribution in [1.29, 1.82) is 0 Å². The minimum atomic E-state index is -0.644. The summed E-state index contributed by atoms with van der Waals surface area (Å²) in [5, 5.41) is 14.4. The van der Waals surface area contributed by atoms with Gasteiger partial charge in [-0.3, -0.25) is 14.7 Å². The van der Waals surface area contributed by atoms with E-state index < -0.39 is 6.04 Å². The summed E-state index contributed by atoms with van der Waals surface area (Å²) in [6.45, 7) is 4.07. The molecular formula is C19H23ClN6O2S. The number of anilines is 1. The van der Waals surface area contributed by atoms with Gasteiger partial charge in [-0.2, -0.15) is 5.10 Å². The van der Waals surface area contributed by atoms with E-state index in [1.165, 1.54) is 11.3 Å². The van der Waals surface area contributed by atoms with Gasteiger partial charge in [0.05, 0.1) is 11.4 Å². The van der Waals surface area contributed by atoms with Crippen LogP contribution in [-0.4, -0.2) is 33.0 Å². The Balaban J connectivity index is 0.00000300. The van der Waals surface area contributed by atoms with E-state index in [1.54, 1.807) is 24.3 Å². The van der Waals surface area contributed by atoms with E-state index in [2.05, 4.69) is 25.8 Å². The highest BCUT2D eigenvalue weighted by atomic mass is 35.5. The van der Waals surface area contributed by atoms with Gasteiger partial charge in [-0.1, -0.05) is 19.9 Å². The smallest absolute Gasteiger partial charge is 0.262 e. The first-order chi connectivity index (χ1) is 13.5. The summed E-state index contributed by atoms with van der Waals surface area (Å²) < 4.78 is 0. The van der Waals surface area contributed by atoms with Gasteiger partial charge in [0.1, 0.15) is 11.9 Å². The van der Waals surface area contributed by atoms with Crippen LogP contribution >= 0.6 is 23.7 Å². The van der Waals surface area contributed by atoms with Gasteiger partial charge in [0.25, 0.3) is 5.91 Å². The van der Waals surface area contributed by atoms with E-state index in [9.17, 15) is 9.59 Å². The van der Waals surface area contributed by atoms with E-state index in [1.807, 2.05) is 31.4 Å². The van der Waals surface area contributed by atoms with Crippen molar-refractivity contribution in [1.82, 2.24) is 20.5 Å². The van der Waals surface area contributed by atoms with Crippen LogP contribution in [0.2, 0.25) is 0 Å². The van der Waals surface area contributed by atoms with Crippen molar-refractivity contribution in [3.05, 3.63) is 52.5 Å². The van der Waals surface area contributed by atoms with Crippen LogP contribution in [0, 0.1) is 5.92 Å². The number of nitrogens with two attached hydrogens (primary N) is 1. The third-order valence-electron chi connectivity index (χ3n) is 4.12. The van der Waals surface area contributed by atoms with Crippen molar-refractivity contribution >= 4 is 41.2 Å². The van der Waals surface area contributed by atoms with Gasteiger partial charge in [0, 0.05) is 11.3 Å². The number of nitrogens with zero attached hydrogens (tertiary/aromatic N) is 2. The van der Waals surface area contributed by atoms with Crippen LogP contribution in [0.4, 0.5) is 5.69 Å².